The highest BCUT2D eigenvalue weighted by atomic mass is 19.1. The van der Waals surface area contributed by atoms with E-state index < -0.39 is 12.1 Å². The Balaban J connectivity index is 1.61. The molecule has 2 aromatic heterocycles. The molecule has 5 rings (SSSR count). The fourth-order valence-electron chi connectivity index (χ4n) is 4.19. The van der Waals surface area contributed by atoms with Crippen LogP contribution in [0.4, 0.5) is 10.2 Å². The molecule has 8 heteroatoms. The van der Waals surface area contributed by atoms with Gasteiger partial charge in [0, 0.05) is 30.1 Å². The van der Waals surface area contributed by atoms with Gasteiger partial charge in [0.1, 0.15) is 17.3 Å². The van der Waals surface area contributed by atoms with E-state index in [2.05, 4.69) is 26.2 Å². The van der Waals surface area contributed by atoms with E-state index in [0.29, 0.717) is 41.4 Å². The van der Waals surface area contributed by atoms with Crippen LogP contribution in [-0.4, -0.2) is 37.9 Å². The van der Waals surface area contributed by atoms with Crippen LogP contribution in [0.15, 0.2) is 67.0 Å². The van der Waals surface area contributed by atoms with Crippen LogP contribution < -0.4 is 4.90 Å². The van der Waals surface area contributed by atoms with Gasteiger partial charge in [0.2, 0.25) is 0 Å². The van der Waals surface area contributed by atoms with Gasteiger partial charge >= 0.3 is 0 Å². The molecule has 3 heterocycles. The predicted molar refractivity (Wildman–Crippen MR) is 117 cm³/mol. The number of imidazole rings is 1. The van der Waals surface area contributed by atoms with Crippen molar-refractivity contribution in [3.05, 3.63) is 83.9 Å². The second-order valence-corrected chi connectivity index (χ2v) is 7.64. The summed E-state index contributed by atoms with van der Waals surface area (Å²) >= 11 is 0. The van der Waals surface area contributed by atoms with E-state index in [1.54, 1.807) is 42.7 Å². The van der Waals surface area contributed by atoms with E-state index in [1.807, 2.05) is 17.0 Å². The average Bonchev–Trinajstić information content (AvgIpc) is 3.49. The van der Waals surface area contributed by atoms with Gasteiger partial charge in [0.15, 0.2) is 5.82 Å². The number of hydrogen-bond acceptors (Lipinski definition) is 6. The number of H-pyrrole nitrogens is 1. The SMILES string of the molecule is N#Cc1cccc(-c2nnc(N3CC[C@H](O)C3c3cccc(F)c3)cc2-c2ncc[nH]2)c1. The number of aliphatic hydroxyl groups is 1. The van der Waals surface area contributed by atoms with Crippen LogP contribution in [0, 0.1) is 17.1 Å². The zero-order valence-corrected chi connectivity index (χ0v) is 17.0. The summed E-state index contributed by atoms with van der Waals surface area (Å²) in [5.41, 5.74) is 3.25. The third-order valence-electron chi connectivity index (χ3n) is 5.65. The second kappa shape index (κ2) is 8.21. The van der Waals surface area contributed by atoms with Gasteiger partial charge in [0.25, 0.3) is 0 Å². The molecule has 0 aliphatic carbocycles. The van der Waals surface area contributed by atoms with Gasteiger partial charge < -0.3 is 15.0 Å². The first-order valence-corrected chi connectivity index (χ1v) is 10.2. The average molecular weight is 426 g/mol. The number of benzene rings is 2. The van der Waals surface area contributed by atoms with Gasteiger partial charge in [0.05, 0.1) is 23.8 Å². The Hall–Kier alpha value is -4.09. The van der Waals surface area contributed by atoms with Gasteiger partial charge in [-0.3, -0.25) is 0 Å². The van der Waals surface area contributed by atoms with Crippen molar-refractivity contribution in [2.75, 3.05) is 11.4 Å². The van der Waals surface area contributed by atoms with Gasteiger partial charge in [-0.2, -0.15) is 5.26 Å². The monoisotopic (exact) mass is 426 g/mol. The van der Waals surface area contributed by atoms with E-state index in [4.69, 9.17) is 0 Å². The predicted octanol–water partition coefficient (Wildman–Crippen LogP) is 3.86. The van der Waals surface area contributed by atoms with Gasteiger partial charge in [-0.15, -0.1) is 10.2 Å². The third kappa shape index (κ3) is 3.59. The standard InChI is InChI=1S/C24H19FN6O/c25-18-6-2-5-17(12-18)23-20(32)7-10-31(23)21-13-19(24-27-8-9-28-24)22(30-29-21)16-4-1-3-15(11-16)14-26/h1-6,8-9,11-13,20,23,32H,7,10H2,(H,27,28)/t20-,23?/m0/s1. The molecule has 2 aromatic carbocycles. The van der Waals surface area contributed by atoms with Crippen LogP contribution in [-0.2, 0) is 0 Å². The third-order valence-corrected chi connectivity index (χ3v) is 5.65. The number of aromatic nitrogens is 4. The summed E-state index contributed by atoms with van der Waals surface area (Å²) in [6.07, 6.45) is 3.25. The molecular weight excluding hydrogens is 407 g/mol. The first kappa shape index (κ1) is 19.8. The number of hydrogen-bond donors (Lipinski definition) is 2. The lowest BCUT2D eigenvalue weighted by Gasteiger charge is -2.28. The largest absolute Gasteiger partial charge is 0.391 e. The molecule has 1 aliphatic heterocycles. The second-order valence-electron chi connectivity index (χ2n) is 7.64. The molecule has 2 atom stereocenters. The van der Waals surface area contributed by atoms with Crippen molar-refractivity contribution in [3.8, 4) is 28.7 Å². The quantitative estimate of drug-likeness (QED) is 0.514. The first-order chi connectivity index (χ1) is 15.6. The van der Waals surface area contributed by atoms with E-state index in [-0.39, 0.29) is 5.82 Å². The Bertz CT molecular complexity index is 1300. The van der Waals surface area contributed by atoms with E-state index in [0.717, 1.165) is 11.1 Å². The maximum Gasteiger partial charge on any atom is 0.152 e. The molecule has 7 nitrogen and oxygen atoms in total. The van der Waals surface area contributed by atoms with Crippen molar-refractivity contribution in [2.45, 2.75) is 18.6 Å². The van der Waals surface area contributed by atoms with Crippen LogP contribution in [0.1, 0.15) is 23.6 Å². The Kier molecular flexibility index (Phi) is 5.09. The number of nitrogens with zero attached hydrogens (tertiary/aromatic N) is 5. The molecule has 1 unspecified atom stereocenters. The molecular formula is C24H19FN6O. The topological polar surface area (TPSA) is 102 Å². The minimum Gasteiger partial charge on any atom is -0.391 e. The van der Waals surface area contributed by atoms with Gasteiger partial charge in [-0.05, 0) is 42.3 Å². The summed E-state index contributed by atoms with van der Waals surface area (Å²) in [5, 5.41) is 28.8. The van der Waals surface area contributed by atoms with Crippen molar-refractivity contribution in [3.63, 3.8) is 0 Å². The summed E-state index contributed by atoms with van der Waals surface area (Å²) in [6.45, 7) is 0.553. The van der Waals surface area contributed by atoms with Crippen LogP contribution >= 0.6 is 0 Å². The molecule has 2 N–H and O–H groups in total. The summed E-state index contributed by atoms with van der Waals surface area (Å²) < 4.78 is 13.9. The molecule has 0 bridgehead atoms. The Morgan fingerprint density at radius 1 is 1.12 bits per heavy atom. The van der Waals surface area contributed by atoms with E-state index in [9.17, 15) is 14.8 Å². The molecule has 1 saturated heterocycles. The number of halogens is 1. The minimum atomic E-state index is -0.655. The minimum absolute atomic E-state index is 0.350. The fraction of sp³-hybridized carbons (Fsp3) is 0.167. The van der Waals surface area contributed by atoms with Crippen LogP contribution in [0.2, 0.25) is 0 Å². The highest BCUT2D eigenvalue weighted by Crippen LogP contribution is 2.38. The number of anilines is 1. The molecule has 0 saturated carbocycles. The lowest BCUT2D eigenvalue weighted by molar-refractivity contribution is 0.164. The molecule has 0 spiro atoms. The molecule has 4 aromatic rings. The number of aromatic amines is 1. The number of nitriles is 1. The molecule has 1 fully saturated rings. The first-order valence-electron chi connectivity index (χ1n) is 10.2. The van der Waals surface area contributed by atoms with Gasteiger partial charge in [-0.25, -0.2) is 9.37 Å². The number of rotatable bonds is 4. The molecule has 0 radical (unpaired) electrons. The number of nitrogens with one attached hydrogen (secondary N) is 1. The zero-order chi connectivity index (χ0) is 22.1. The van der Waals surface area contributed by atoms with Crippen molar-refractivity contribution in [1.29, 1.82) is 5.26 Å². The van der Waals surface area contributed by atoms with E-state index in [1.165, 1.54) is 12.1 Å². The molecule has 0 amide bonds. The Morgan fingerprint density at radius 2 is 2.00 bits per heavy atom. The summed E-state index contributed by atoms with van der Waals surface area (Å²) in [6, 6.07) is 17.0. The highest BCUT2D eigenvalue weighted by molar-refractivity contribution is 5.79. The van der Waals surface area contributed by atoms with Crippen molar-refractivity contribution in [1.82, 2.24) is 20.2 Å². The summed E-state index contributed by atoms with van der Waals surface area (Å²) in [4.78, 5) is 9.43. The van der Waals surface area contributed by atoms with Gasteiger partial charge in [-0.1, -0.05) is 24.3 Å². The Morgan fingerprint density at radius 3 is 2.78 bits per heavy atom. The summed E-state index contributed by atoms with van der Waals surface area (Å²) in [5.74, 6) is 0.819. The molecule has 32 heavy (non-hydrogen) atoms. The van der Waals surface area contributed by atoms with E-state index >= 15 is 0 Å². The molecule has 158 valence electrons. The van der Waals surface area contributed by atoms with Crippen molar-refractivity contribution < 1.29 is 9.50 Å². The number of aliphatic hydroxyl groups excluding tert-OH is 1. The summed E-state index contributed by atoms with van der Waals surface area (Å²) in [7, 11) is 0. The Labute approximate surface area is 183 Å². The normalized spacial score (nSPS) is 18.0. The lowest BCUT2D eigenvalue weighted by atomic mass is 10.0. The fourth-order valence-corrected chi connectivity index (χ4v) is 4.19. The van der Waals surface area contributed by atoms with Crippen LogP contribution in [0.5, 0.6) is 0 Å². The maximum absolute atomic E-state index is 13.9. The molecule has 1 aliphatic rings. The van der Waals surface area contributed by atoms with Crippen LogP contribution in [0.3, 0.4) is 0 Å². The van der Waals surface area contributed by atoms with Crippen molar-refractivity contribution in [2.24, 2.45) is 0 Å². The maximum atomic E-state index is 13.9. The lowest BCUT2D eigenvalue weighted by Crippen LogP contribution is -2.28. The smallest absolute Gasteiger partial charge is 0.152 e. The van der Waals surface area contributed by atoms with Crippen LogP contribution in [0.25, 0.3) is 22.6 Å². The highest BCUT2D eigenvalue weighted by Gasteiger charge is 2.35. The van der Waals surface area contributed by atoms with Crippen molar-refractivity contribution >= 4 is 5.82 Å². The zero-order valence-electron chi connectivity index (χ0n) is 17.0.